The fourth-order valence-corrected chi connectivity index (χ4v) is 3.61. The van der Waals surface area contributed by atoms with Crippen molar-refractivity contribution in [3.63, 3.8) is 0 Å². The van der Waals surface area contributed by atoms with Gasteiger partial charge in [0.2, 0.25) is 5.89 Å². The van der Waals surface area contributed by atoms with Crippen molar-refractivity contribution in [3.05, 3.63) is 47.8 Å². The van der Waals surface area contributed by atoms with Gasteiger partial charge in [0.1, 0.15) is 11.9 Å². The summed E-state index contributed by atoms with van der Waals surface area (Å²) in [6.07, 6.45) is 5.20. The molecule has 7 heteroatoms. The van der Waals surface area contributed by atoms with E-state index in [2.05, 4.69) is 44.4 Å². The van der Waals surface area contributed by atoms with Gasteiger partial charge in [0.05, 0.1) is 13.7 Å². The number of rotatable bonds is 7. The summed E-state index contributed by atoms with van der Waals surface area (Å²) in [5.74, 6) is 2.12. The lowest BCUT2D eigenvalue weighted by molar-refractivity contribution is 0.0683. The van der Waals surface area contributed by atoms with E-state index in [4.69, 9.17) is 14.0 Å². The Labute approximate surface area is 164 Å². The van der Waals surface area contributed by atoms with Crippen LogP contribution in [0.1, 0.15) is 43.7 Å². The van der Waals surface area contributed by atoms with Crippen LogP contribution in [0.25, 0.3) is 16.5 Å². The molecule has 28 heavy (non-hydrogen) atoms. The van der Waals surface area contributed by atoms with E-state index in [1.54, 1.807) is 7.11 Å². The van der Waals surface area contributed by atoms with Gasteiger partial charge in [-0.25, -0.2) is 0 Å². The zero-order valence-corrected chi connectivity index (χ0v) is 16.6. The van der Waals surface area contributed by atoms with Gasteiger partial charge in [-0.05, 0) is 44.0 Å². The molecule has 148 valence electrons. The Hall–Kier alpha value is -2.64. The van der Waals surface area contributed by atoms with E-state index in [0.717, 1.165) is 30.8 Å². The topological polar surface area (TPSA) is 76.4 Å². The Balaban J connectivity index is 1.44. The number of fused-ring (bicyclic) bond motifs is 1. The second-order valence-corrected chi connectivity index (χ2v) is 6.97. The summed E-state index contributed by atoms with van der Waals surface area (Å²) in [7, 11) is 1.70. The van der Waals surface area contributed by atoms with Crippen molar-refractivity contribution in [2.75, 3.05) is 26.8 Å². The zero-order chi connectivity index (χ0) is 19.5. The second-order valence-electron chi connectivity index (χ2n) is 6.97. The lowest BCUT2D eigenvalue weighted by Gasteiger charge is -2.24. The number of nitrogens with zero attached hydrogens (tertiary/aromatic N) is 3. The van der Waals surface area contributed by atoms with Crippen molar-refractivity contribution in [2.45, 2.75) is 32.9 Å². The molecule has 7 nitrogen and oxygen atoms in total. The Morgan fingerprint density at radius 1 is 1.36 bits per heavy atom. The maximum absolute atomic E-state index is 5.52. The predicted octanol–water partition coefficient (Wildman–Crippen LogP) is 3.95. The minimum Gasteiger partial charge on any atom is -0.497 e. The molecule has 0 spiro atoms. The van der Waals surface area contributed by atoms with Gasteiger partial charge in [-0.3, -0.25) is 4.90 Å². The Kier molecular flexibility index (Phi) is 5.45. The molecule has 2 aromatic heterocycles. The van der Waals surface area contributed by atoms with Crippen LogP contribution in [-0.2, 0) is 11.3 Å². The molecule has 0 amide bonds. The number of nitrogens with one attached hydrogen (secondary N) is 1. The molecular weight excluding hydrogens is 356 g/mol. The van der Waals surface area contributed by atoms with Crippen molar-refractivity contribution in [1.29, 1.82) is 0 Å². The summed E-state index contributed by atoms with van der Waals surface area (Å²) in [6, 6.07) is 6.13. The summed E-state index contributed by atoms with van der Waals surface area (Å²) in [6.45, 7) is 6.97. The number of benzene rings is 1. The average Bonchev–Trinajstić information content (AvgIpc) is 3.35. The van der Waals surface area contributed by atoms with Crippen LogP contribution in [0.15, 0.2) is 35.0 Å². The van der Waals surface area contributed by atoms with Crippen molar-refractivity contribution in [3.8, 4) is 5.75 Å². The van der Waals surface area contributed by atoms with Crippen LogP contribution in [-0.4, -0.2) is 46.8 Å². The monoisotopic (exact) mass is 382 g/mol. The van der Waals surface area contributed by atoms with E-state index in [-0.39, 0.29) is 6.10 Å². The molecule has 1 N–H and O–H groups in total. The number of aromatic nitrogens is 3. The SMILES string of the molecule is CCO[C@H](C)c1noc(CN2CC=C(c3c[nH]c4ccc(OC)cc34)CC2)n1. The Bertz CT molecular complexity index is 975. The maximum atomic E-state index is 5.52. The third-order valence-electron chi connectivity index (χ3n) is 5.15. The molecule has 0 bridgehead atoms. The van der Waals surface area contributed by atoms with Gasteiger partial charge >= 0.3 is 0 Å². The molecule has 0 unspecified atom stereocenters. The molecule has 0 aliphatic carbocycles. The lowest BCUT2D eigenvalue weighted by Crippen LogP contribution is -2.28. The standard InChI is InChI=1S/C21H26N4O3/c1-4-27-14(2)21-23-20(28-24-21)13-25-9-7-15(8-10-25)18-12-22-19-6-5-16(26-3)11-17(18)19/h5-7,11-12,14,22H,4,8-10,13H2,1-3H3/t14-/m1/s1. The normalized spacial score (nSPS) is 16.3. The molecular formula is C21H26N4O3. The van der Waals surface area contributed by atoms with Gasteiger partial charge in [-0.1, -0.05) is 11.2 Å². The fourth-order valence-electron chi connectivity index (χ4n) is 3.61. The van der Waals surface area contributed by atoms with E-state index < -0.39 is 0 Å². The van der Waals surface area contributed by atoms with Gasteiger partial charge in [-0.15, -0.1) is 0 Å². The number of aromatic amines is 1. The predicted molar refractivity (Wildman–Crippen MR) is 107 cm³/mol. The first-order valence-electron chi connectivity index (χ1n) is 9.69. The molecule has 3 aromatic rings. The summed E-state index contributed by atoms with van der Waals surface area (Å²) in [5.41, 5.74) is 3.73. The van der Waals surface area contributed by atoms with Crippen LogP contribution in [0.5, 0.6) is 5.75 Å². The van der Waals surface area contributed by atoms with E-state index in [0.29, 0.717) is 24.9 Å². The molecule has 0 saturated carbocycles. The molecule has 0 radical (unpaired) electrons. The first kappa shape index (κ1) is 18.7. The summed E-state index contributed by atoms with van der Waals surface area (Å²) >= 11 is 0. The molecule has 3 heterocycles. The zero-order valence-electron chi connectivity index (χ0n) is 16.6. The largest absolute Gasteiger partial charge is 0.497 e. The van der Waals surface area contributed by atoms with E-state index in [1.807, 2.05) is 19.9 Å². The smallest absolute Gasteiger partial charge is 0.240 e. The highest BCUT2D eigenvalue weighted by Gasteiger charge is 2.19. The highest BCUT2D eigenvalue weighted by atomic mass is 16.5. The van der Waals surface area contributed by atoms with E-state index in [9.17, 15) is 0 Å². The molecule has 0 saturated heterocycles. The average molecular weight is 382 g/mol. The highest BCUT2D eigenvalue weighted by molar-refractivity contribution is 5.93. The number of methoxy groups -OCH3 is 1. The fraction of sp³-hybridized carbons (Fsp3) is 0.429. The molecule has 1 aromatic carbocycles. The maximum Gasteiger partial charge on any atom is 0.240 e. The highest BCUT2D eigenvalue weighted by Crippen LogP contribution is 2.31. The molecule has 1 aliphatic rings. The summed E-state index contributed by atoms with van der Waals surface area (Å²) in [4.78, 5) is 10.1. The van der Waals surface area contributed by atoms with Crippen LogP contribution in [0.4, 0.5) is 0 Å². The number of H-pyrrole nitrogens is 1. The third-order valence-corrected chi connectivity index (χ3v) is 5.15. The summed E-state index contributed by atoms with van der Waals surface area (Å²) < 4.78 is 16.3. The second kappa shape index (κ2) is 8.16. The van der Waals surface area contributed by atoms with Gasteiger partial charge in [0.15, 0.2) is 5.82 Å². The minimum atomic E-state index is -0.144. The van der Waals surface area contributed by atoms with Crippen LogP contribution < -0.4 is 4.74 Å². The van der Waals surface area contributed by atoms with Crippen LogP contribution in [0, 0.1) is 0 Å². The first-order valence-corrected chi connectivity index (χ1v) is 9.69. The molecule has 4 rings (SSSR count). The minimum absolute atomic E-state index is 0.144. The molecule has 0 fully saturated rings. The first-order chi connectivity index (χ1) is 13.7. The quantitative estimate of drug-likeness (QED) is 0.667. The van der Waals surface area contributed by atoms with E-state index in [1.165, 1.54) is 16.5 Å². The third kappa shape index (κ3) is 3.81. The van der Waals surface area contributed by atoms with Gasteiger partial charge in [-0.2, -0.15) is 4.98 Å². The van der Waals surface area contributed by atoms with Crippen LogP contribution in [0.2, 0.25) is 0 Å². The van der Waals surface area contributed by atoms with Crippen molar-refractivity contribution >= 4 is 16.5 Å². The van der Waals surface area contributed by atoms with Gasteiger partial charge in [0.25, 0.3) is 0 Å². The van der Waals surface area contributed by atoms with E-state index >= 15 is 0 Å². The summed E-state index contributed by atoms with van der Waals surface area (Å²) in [5, 5.41) is 5.24. The van der Waals surface area contributed by atoms with Crippen molar-refractivity contribution in [1.82, 2.24) is 20.0 Å². The Morgan fingerprint density at radius 2 is 2.25 bits per heavy atom. The van der Waals surface area contributed by atoms with Crippen molar-refractivity contribution < 1.29 is 14.0 Å². The van der Waals surface area contributed by atoms with Crippen LogP contribution >= 0.6 is 0 Å². The van der Waals surface area contributed by atoms with Gasteiger partial charge in [0, 0.05) is 42.4 Å². The van der Waals surface area contributed by atoms with Gasteiger partial charge < -0.3 is 19.0 Å². The Morgan fingerprint density at radius 3 is 3.00 bits per heavy atom. The molecule has 1 atom stereocenters. The molecule has 1 aliphatic heterocycles. The lowest BCUT2D eigenvalue weighted by atomic mass is 9.99. The number of hydrogen-bond donors (Lipinski definition) is 1. The van der Waals surface area contributed by atoms with Crippen molar-refractivity contribution in [2.24, 2.45) is 0 Å². The number of ether oxygens (including phenoxy) is 2. The number of hydrogen-bond acceptors (Lipinski definition) is 6. The van der Waals surface area contributed by atoms with Crippen LogP contribution in [0.3, 0.4) is 0 Å².